The van der Waals surface area contributed by atoms with Crippen LogP contribution in [0.15, 0.2) is 54.6 Å². The van der Waals surface area contributed by atoms with Crippen LogP contribution >= 0.6 is 0 Å². The van der Waals surface area contributed by atoms with Gasteiger partial charge in [0, 0.05) is 44.0 Å². The van der Waals surface area contributed by atoms with E-state index in [1.54, 1.807) is 31.2 Å². The normalized spacial score (nSPS) is 17.3. The van der Waals surface area contributed by atoms with E-state index in [9.17, 15) is 19.2 Å². The molecule has 2 saturated heterocycles. The lowest BCUT2D eigenvalue weighted by molar-refractivity contribution is -0.146. The standard InChI is InChI=1S/C29H36N6O7/c1-2-40-25(36)16-31-28(38)32-27(30)22-8-10-23(11-9-22)35-18-24(42-29(35)39)17-33-12-14-34(15-13-33)19-26(37)41-20-21-6-4-3-5-7-21/h3-11,24H,2,12-20H2,1H3,(H3,30,31,32,38). The topological polar surface area (TPSA) is 154 Å². The van der Waals surface area contributed by atoms with Gasteiger partial charge in [-0.25, -0.2) is 9.59 Å². The van der Waals surface area contributed by atoms with Gasteiger partial charge in [-0.1, -0.05) is 30.3 Å². The molecule has 2 heterocycles. The molecule has 13 heteroatoms. The summed E-state index contributed by atoms with van der Waals surface area (Å²) in [5.41, 5.74) is 2.00. The molecule has 224 valence electrons. The second-order valence-electron chi connectivity index (χ2n) is 9.87. The molecule has 1 atom stereocenters. The zero-order chi connectivity index (χ0) is 29.9. The van der Waals surface area contributed by atoms with Crippen LogP contribution in [-0.4, -0.2) is 105 Å². The van der Waals surface area contributed by atoms with E-state index < -0.39 is 18.1 Å². The summed E-state index contributed by atoms with van der Waals surface area (Å²) in [6.45, 7) is 5.98. The third-order valence-corrected chi connectivity index (χ3v) is 6.80. The van der Waals surface area contributed by atoms with Crippen LogP contribution < -0.4 is 15.5 Å². The number of urea groups is 1. The molecule has 0 spiro atoms. The van der Waals surface area contributed by atoms with E-state index in [0.29, 0.717) is 37.4 Å². The minimum atomic E-state index is -0.702. The Balaban J connectivity index is 1.17. The van der Waals surface area contributed by atoms with Crippen molar-refractivity contribution >= 4 is 35.6 Å². The number of benzene rings is 2. The first-order chi connectivity index (χ1) is 20.3. The number of rotatable bonds is 11. The van der Waals surface area contributed by atoms with Crippen molar-refractivity contribution in [3.05, 3.63) is 65.7 Å². The Hall–Kier alpha value is -4.49. The Labute approximate surface area is 244 Å². The van der Waals surface area contributed by atoms with Gasteiger partial charge in [0.1, 0.15) is 25.1 Å². The summed E-state index contributed by atoms with van der Waals surface area (Å²) in [6.07, 6.45) is -0.748. The molecule has 3 N–H and O–H groups in total. The maximum absolute atomic E-state index is 12.6. The van der Waals surface area contributed by atoms with E-state index >= 15 is 0 Å². The van der Waals surface area contributed by atoms with Gasteiger partial charge >= 0.3 is 24.1 Å². The number of amides is 3. The van der Waals surface area contributed by atoms with Crippen LogP contribution in [0.5, 0.6) is 0 Å². The van der Waals surface area contributed by atoms with Gasteiger partial charge in [0.15, 0.2) is 0 Å². The Morgan fingerprint density at radius 3 is 2.33 bits per heavy atom. The van der Waals surface area contributed by atoms with Gasteiger partial charge in [-0.05, 0) is 36.8 Å². The van der Waals surface area contributed by atoms with E-state index in [-0.39, 0.29) is 44.2 Å². The van der Waals surface area contributed by atoms with Crippen LogP contribution in [0.4, 0.5) is 15.3 Å². The predicted molar refractivity (Wildman–Crippen MR) is 153 cm³/mol. The minimum Gasteiger partial charge on any atom is -0.465 e. The fourth-order valence-electron chi connectivity index (χ4n) is 4.61. The number of hydrogen-bond acceptors (Lipinski definition) is 10. The molecule has 2 aromatic carbocycles. The zero-order valence-electron chi connectivity index (χ0n) is 23.5. The number of nitrogens with one attached hydrogen (secondary N) is 3. The Bertz CT molecular complexity index is 1250. The number of piperazine rings is 1. The zero-order valence-corrected chi connectivity index (χ0v) is 23.5. The van der Waals surface area contributed by atoms with Crippen molar-refractivity contribution in [1.29, 1.82) is 5.41 Å². The van der Waals surface area contributed by atoms with Crippen LogP contribution in [0.3, 0.4) is 0 Å². The van der Waals surface area contributed by atoms with E-state index in [1.165, 1.54) is 4.90 Å². The van der Waals surface area contributed by atoms with Gasteiger partial charge in [-0.3, -0.25) is 35.0 Å². The molecular formula is C29H36N6O7. The fraction of sp³-hybridized carbons (Fsp3) is 0.414. The molecule has 0 bridgehead atoms. The lowest BCUT2D eigenvalue weighted by atomic mass is 10.1. The minimum absolute atomic E-state index is 0.159. The molecule has 0 radical (unpaired) electrons. The Kier molecular flexibility index (Phi) is 10.8. The number of cyclic esters (lactones) is 1. The number of hydrogen-bond donors (Lipinski definition) is 3. The van der Waals surface area contributed by atoms with E-state index in [1.807, 2.05) is 30.3 Å². The summed E-state index contributed by atoms with van der Waals surface area (Å²) >= 11 is 0. The highest BCUT2D eigenvalue weighted by atomic mass is 16.6. The highest BCUT2D eigenvalue weighted by Crippen LogP contribution is 2.23. The maximum Gasteiger partial charge on any atom is 0.414 e. The molecule has 0 aliphatic carbocycles. The second-order valence-corrected chi connectivity index (χ2v) is 9.87. The molecular weight excluding hydrogens is 544 g/mol. The van der Waals surface area contributed by atoms with Gasteiger partial charge in [0.05, 0.1) is 19.7 Å². The number of amidine groups is 1. The third-order valence-electron chi connectivity index (χ3n) is 6.80. The number of nitrogens with zero attached hydrogens (tertiary/aromatic N) is 3. The highest BCUT2D eigenvalue weighted by molar-refractivity contribution is 6.06. The molecule has 2 aliphatic heterocycles. The number of ether oxygens (including phenoxy) is 3. The maximum atomic E-state index is 12.6. The average Bonchev–Trinajstić information content (AvgIpc) is 3.36. The largest absolute Gasteiger partial charge is 0.465 e. The Morgan fingerprint density at radius 1 is 0.952 bits per heavy atom. The average molecular weight is 581 g/mol. The van der Waals surface area contributed by atoms with Crippen LogP contribution in [-0.2, 0) is 30.4 Å². The summed E-state index contributed by atoms with van der Waals surface area (Å²) in [6, 6.07) is 15.5. The van der Waals surface area contributed by atoms with E-state index in [0.717, 1.165) is 18.7 Å². The molecule has 42 heavy (non-hydrogen) atoms. The lowest BCUT2D eigenvalue weighted by Gasteiger charge is -2.34. The van der Waals surface area contributed by atoms with Crippen LogP contribution in [0.2, 0.25) is 0 Å². The number of anilines is 1. The Morgan fingerprint density at radius 2 is 1.64 bits per heavy atom. The molecule has 4 rings (SSSR count). The van der Waals surface area contributed by atoms with Crippen molar-refractivity contribution in [1.82, 2.24) is 20.4 Å². The lowest BCUT2D eigenvalue weighted by Crippen LogP contribution is -2.50. The summed E-state index contributed by atoms with van der Waals surface area (Å²) < 4.78 is 15.7. The first-order valence-corrected chi connectivity index (χ1v) is 13.8. The van der Waals surface area contributed by atoms with E-state index in [4.69, 9.17) is 19.6 Å². The number of carbonyl (C=O) groups excluding carboxylic acids is 4. The molecule has 3 amide bonds. The monoisotopic (exact) mass is 580 g/mol. The molecule has 2 aromatic rings. The van der Waals surface area contributed by atoms with Crippen molar-refractivity contribution in [3.8, 4) is 0 Å². The van der Waals surface area contributed by atoms with Gasteiger partial charge in [0.2, 0.25) is 0 Å². The number of carbonyl (C=O) groups is 4. The van der Waals surface area contributed by atoms with Crippen LogP contribution in [0, 0.1) is 5.41 Å². The summed E-state index contributed by atoms with van der Waals surface area (Å²) in [7, 11) is 0. The molecule has 2 fully saturated rings. The van der Waals surface area contributed by atoms with Gasteiger partial charge in [-0.15, -0.1) is 0 Å². The van der Waals surface area contributed by atoms with Crippen molar-refractivity contribution < 1.29 is 33.4 Å². The van der Waals surface area contributed by atoms with Crippen molar-refractivity contribution in [3.63, 3.8) is 0 Å². The first kappa shape index (κ1) is 30.5. The van der Waals surface area contributed by atoms with Gasteiger partial charge in [0.25, 0.3) is 0 Å². The molecule has 0 saturated carbocycles. The second kappa shape index (κ2) is 14.9. The van der Waals surface area contributed by atoms with Crippen molar-refractivity contribution in [2.45, 2.75) is 19.6 Å². The predicted octanol–water partition coefficient (Wildman–Crippen LogP) is 1.56. The third kappa shape index (κ3) is 9.01. The van der Waals surface area contributed by atoms with E-state index in [2.05, 4.69) is 20.4 Å². The van der Waals surface area contributed by atoms with Gasteiger partial charge < -0.3 is 19.5 Å². The highest BCUT2D eigenvalue weighted by Gasteiger charge is 2.34. The first-order valence-electron chi connectivity index (χ1n) is 13.8. The van der Waals surface area contributed by atoms with Crippen molar-refractivity contribution in [2.75, 3.05) is 63.9 Å². The number of esters is 2. The van der Waals surface area contributed by atoms with Crippen molar-refractivity contribution in [2.24, 2.45) is 0 Å². The smallest absolute Gasteiger partial charge is 0.414 e. The molecule has 2 aliphatic rings. The summed E-state index contributed by atoms with van der Waals surface area (Å²) in [4.78, 5) is 53.9. The van der Waals surface area contributed by atoms with Crippen LogP contribution in [0.1, 0.15) is 18.1 Å². The summed E-state index contributed by atoms with van der Waals surface area (Å²) in [5, 5.41) is 12.8. The molecule has 0 aromatic heterocycles. The SMILES string of the molecule is CCOC(=O)CNC(=O)NC(=N)c1ccc(N2CC(CN3CCN(CC(=O)OCc4ccccc4)CC3)OC2=O)cc1. The molecule has 1 unspecified atom stereocenters. The van der Waals surface area contributed by atoms with Crippen LogP contribution in [0.25, 0.3) is 0 Å². The quantitative estimate of drug-likeness (QED) is 0.156. The molecule has 13 nitrogen and oxygen atoms in total. The van der Waals surface area contributed by atoms with Gasteiger partial charge in [-0.2, -0.15) is 0 Å². The summed E-state index contributed by atoms with van der Waals surface area (Å²) in [5.74, 6) is -0.978. The fourth-order valence-corrected chi connectivity index (χ4v) is 4.61.